The van der Waals surface area contributed by atoms with Crippen LogP contribution in [0.3, 0.4) is 0 Å². The summed E-state index contributed by atoms with van der Waals surface area (Å²) in [6, 6.07) is 4.41. The summed E-state index contributed by atoms with van der Waals surface area (Å²) in [7, 11) is 5.12. The zero-order chi connectivity index (χ0) is 23.6. The number of aliphatic hydroxyl groups excluding tert-OH is 1. The first kappa shape index (κ1) is 23.2. The monoisotopic (exact) mass is 440 g/mol. The minimum absolute atomic E-state index is 0.0415. The SMILES string of the molecule is COC(=O)c1[nH]c(C)c(/C(O)=C2\C(=O)C(=O)N(CCCN(C)C)C2c2ccccn2)c1C. The van der Waals surface area contributed by atoms with Crippen LogP contribution in [0.25, 0.3) is 5.76 Å². The fourth-order valence-corrected chi connectivity index (χ4v) is 4.06. The Kier molecular flexibility index (Phi) is 6.78. The number of methoxy groups -OCH3 is 1. The number of aliphatic hydroxyl groups is 1. The van der Waals surface area contributed by atoms with Gasteiger partial charge in [-0.2, -0.15) is 0 Å². The first-order valence-electron chi connectivity index (χ1n) is 10.3. The maximum atomic E-state index is 13.1. The molecule has 9 heteroatoms. The molecule has 0 aliphatic carbocycles. The summed E-state index contributed by atoms with van der Waals surface area (Å²) in [6.45, 7) is 4.39. The van der Waals surface area contributed by atoms with Gasteiger partial charge in [0.25, 0.3) is 11.7 Å². The maximum Gasteiger partial charge on any atom is 0.354 e. The van der Waals surface area contributed by atoms with Crippen LogP contribution in [0.1, 0.15) is 45.5 Å². The minimum atomic E-state index is -0.825. The molecule has 0 radical (unpaired) electrons. The van der Waals surface area contributed by atoms with Gasteiger partial charge >= 0.3 is 5.97 Å². The van der Waals surface area contributed by atoms with Crippen molar-refractivity contribution in [1.82, 2.24) is 19.8 Å². The van der Waals surface area contributed by atoms with E-state index in [0.29, 0.717) is 35.5 Å². The molecule has 1 aliphatic heterocycles. The Labute approximate surface area is 186 Å². The van der Waals surface area contributed by atoms with Crippen LogP contribution in [-0.2, 0) is 14.3 Å². The van der Waals surface area contributed by atoms with Crippen LogP contribution in [0.15, 0.2) is 30.0 Å². The number of aryl methyl sites for hydroxylation is 1. The molecule has 1 saturated heterocycles. The molecule has 2 aromatic rings. The topological polar surface area (TPSA) is 116 Å². The lowest BCUT2D eigenvalue weighted by molar-refractivity contribution is -0.140. The van der Waals surface area contributed by atoms with Crippen molar-refractivity contribution in [3.63, 3.8) is 0 Å². The molecular weight excluding hydrogens is 412 g/mol. The lowest BCUT2D eigenvalue weighted by Gasteiger charge is -2.25. The van der Waals surface area contributed by atoms with Crippen LogP contribution in [-0.4, -0.2) is 76.8 Å². The number of Topliss-reactive ketones (excluding diaryl/α,β-unsaturated/α-hetero) is 1. The van der Waals surface area contributed by atoms with Gasteiger partial charge in [-0.05, 0) is 58.6 Å². The predicted molar refractivity (Wildman–Crippen MR) is 118 cm³/mol. The summed E-state index contributed by atoms with van der Waals surface area (Å²) in [5.41, 5.74) is 1.85. The Morgan fingerprint density at radius 1 is 1.28 bits per heavy atom. The van der Waals surface area contributed by atoms with Crippen molar-refractivity contribution in [3.8, 4) is 0 Å². The third kappa shape index (κ3) is 4.16. The van der Waals surface area contributed by atoms with Crippen LogP contribution < -0.4 is 0 Å². The van der Waals surface area contributed by atoms with Gasteiger partial charge in [-0.1, -0.05) is 6.07 Å². The van der Waals surface area contributed by atoms with E-state index in [1.807, 2.05) is 19.0 Å². The van der Waals surface area contributed by atoms with Crippen LogP contribution in [0.5, 0.6) is 0 Å². The number of nitrogens with zero attached hydrogens (tertiary/aromatic N) is 3. The van der Waals surface area contributed by atoms with Crippen molar-refractivity contribution in [1.29, 1.82) is 0 Å². The second-order valence-corrected chi connectivity index (χ2v) is 8.02. The van der Waals surface area contributed by atoms with Gasteiger partial charge in [0.1, 0.15) is 17.5 Å². The molecule has 1 fully saturated rings. The molecule has 0 spiro atoms. The molecule has 170 valence electrons. The van der Waals surface area contributed by atoms with Crippen molar-refractivity contribution >= 4 is 23.4 Å². The molecule has 1 amide bonds. The number of hydrogen-bond donors (Lipinski definition) is 2. The molecule has 0 aromatic carbocycles. The quantitative estimate of drug-likeness (QED) is 0.293. The highest BCUT2D eigenvalue weighted by Crippen LogP contribution is 2.40. The highest BCUT2D eigenvalue weighted by molar-refractivity contribution is 6.46. The summed E-state index contributed by atoms with van der Waals surface area (Å²) < 4.78 is 4.79. The van der Waals surface area contributed by atoms with Crippen LogP contribution in [0.2, 0.25) is 0 Å². The van der Waals surface area contributed by atoms with E-state index < -0.39 is 23.7 Å². The fourth-order valence-electron chi connectivity index (χ4n) is 4.06. The third-order valence-electron chi connectivity index (χ3n) is 5.58. The molecule has 0 bridgehead atoms. The van der Waals surface area contributed by atoms with Crippen molar-refractivity contribution in [2.24, 2.45) is 0 Å². The van der Waals surface area contributed by atoms with Crippen molar-refractivity contribution in [2.45, 2.75) is 26.3 Å². The van der Waals surface area contributed by atoms with Gasteiger partial charge in [-0.3, -0.25) is 14.6 Å². The van der Waals surface area contributed by atoms with E-state index in [0.717, 1.165) is 6.54 Å². The lowest BCUT2D eigenvalue weighted by atomic mass is 9.96. The Balaban J connectivity index is 2.15. The predicted octanol–water partition coefficient (Wildman–Crippen LogP) is 2.19. The van der Waals surface area contributed by atoms with E-state index in [2.05, 4.69) is 9.97 Å². The fraction of sp³-hybridized carbons (Fsp3) is 0.391. The van der Waals surface area contributed by atoms with Crippen molar-refractivity contribution in [3.05, 3.63) is 58.2 Å². The van der Waals surface area contributed by atoms with Gasteiger partial charge in [0.15, 0.2) is 0 Å². The minimum Gasteiger partial charge on any atom is -0.507 e. The summed E-state index contributed by atoms with van der Waals surface area (Å²) in [5.74, 6) is -2.38. The van der Waals surface area contributed by atoms with E-state index in [-0.39, 0.29) is 17.0 Å². The molecule has 1 atom stereocenters. The largest absolute Gasteiger partial charge is 0.507 e. The van der Waals surface area contributed by atoms with E-state index >= 15 is 0 Å². The number of esters is 1. The van der Waals surface area contributed by atoms with Crippen LogP contribution >= 0.6 is 0 Å². The molecule has 1 unspecified atom stereocenters. The Morgan fingerprint density at radius 3 is 2.59 bits per heavy atom. The summed E-state index contributed by atoms with van der Waals surface area (Å²) in [5, 5.41) is 11.3. The maximum absolute atomic E-state index is 13.1. The third-order valence-corrected chi connectivity index (χ3v) is 5.58. The molecule has 0 saturated carbocycles. The highest BCUT2D eigenvalue weighted by atomic mass is 16.5. The number of aromatic nitrogens is 2. The lowest BCUT2D eigenvalue weighted by Crippen LogP contribution is -2.32. The first-order chi connectivity index (χ1) is 15.2. The molecule has 2 aromatic heterocycles. The number of carbonyl (C=O) groups is 3. The highest BCUT2D eigenvalue weighted by Gasteiger charge is 2.47. The average molecular weight is 441 g/mol. The first-order valence-corrected chi connectivity index (χ1v) is 10.3. The number of hydrogen-bond acceptors (Lipinski definition) is 7. The molecular formula is C23H28N4O5. The number of amides is 1. The van der Waals surface area contributed by atoms with Gasteiger partial charge in [-0.15, -0.1) is 0 Å². The standard InChI is InChI=1S/C23H28N4O5/c1-13-16(14(2)25-18(13)23(31)32-5)20(28)17-19(15-9-6-7-10-24-15)27(22(30)21(17)29)12-8-11-26(3)4/h6-7,9-10,19,25,28H,8,11-12H2,1-5H3/b20-17+. The number of rotatable bonds is 7. The van der Waals surface area contributed by atoms with Crippen LogP contribution in [0.4, 0.5) is 0 Å². The number of H-pyrrole nitrogens is 1. The van der Waals surface area contributed by atoms with Crippen molar-refractivity contribution in [2.75, 3.05) is 34.3 Å². The van der Waals surface area contributed by atoms with E-state index in [1.54, 1.807) is 38.2 Å². The zero-order valence-electron chi connectivity index (χ0n) is 18.9. The summed E-state index contributed by atoms with van der Waals surface area (Å²) in [4.78, 5) is 48.8. The smallest absolute Gasteiger partial charge is 0.354 e. The van der Waals surface area contributed by atoms with Crippen molar-refractivity contribution < 1.29 is 24.2 Å². The van der Waals surface area contributed by atoms with Gasteiger partial charge < -0.3 is 24.6 Å². The molecule has 2 N–H and O–H groups in total. The van der Waals surface area contributed by atoms with Gasteiger partial charge in [0, 0.05) is 24.0 Å². The summed E-state index contributed by atoms with van der Waals surface area (Å²) in [6.07, 6.45) is 2.23. The number of carbonyl (C=O) groups excluding carboxylic acids is 3. The van der Waals surface area contributed by atoms with E-state index in [1.165, 1.54) is 12.0 Å². The Morgan fingerprint density at radius 2 is 2.00 bits per heavy atom. The second kappa shape index (κ2) is 9.35. The second-order valence-electron chi connectivity index (χ2n) is 8.02. The van der Waals surface area contributed by atoms with Crippen LogP contribution in [0, 0.1) is 13.8 Å². The number of aromatic amines is 1. The molecule has 1 aliphatic rings. The molecule has 32 heavy (non-hydrogen) atoms. The Bertz CT molecular complexity index is 1070. The number of ether oxygens (including phenoxy) is 1. The van der Waals surface area contributed by atoms with Gasteiger partial charge in [0.2, 0.25) is 0 Å². The molecule has 9 nitrogen and oxygen atoms in total. The van der Waals surface area contributed by atoms with E-state index in [4.69, 9.17) is 4.74 Å². The van der Waals surface area contributed by atoms with E-state index in [9.17, 15) is 19.5 Å². The van der Waals surface area contributed by atoms with Gasteiger partial charge in [-0.25, -0.2) is 4.79 Å². The number of ketones is 1. The molecule has 3 heterocycles. The number of likely N-dealkylation sites (tertiary alicyclic amines) is 1. The molecule has 3 rings (SSSR count). The normalized spacial score (nSPS) is 17.9. The Hall–Kier alpha value is -3.46. The summed E-state index contributed by atoms with van der Waals surface area (Å²) >= 11 is 0. The number of pyridine rings is 1. The number of nitrogens with one attached hydrogen (secondary N) is 1. The zero-order valence-corrected chi connectivity index (χ0v) is 18.9. The average Bonchev–Trinajstić information content (AvgIpc) is 3.20. The van der Waals surface area contributed by atoms with Gasteiger partial charge in [0.05, 0.1) is 18.4 Å².